The number of alkyl halides is 3. The Morgan fingerprint density at radius 2 is 1.62 bits per heavy atom. The van der Waals surface area contributed by atoms with Crippen LogP contribution in [0.3, 0.4) is 0 Å². The molecule has 0 radical (unpaired) electrons. The number of nitrogens with one attached hydrogen (secondary N) is 1. The fourth-order valence-corrected chi connectivity index (χ4v) is 4.34. The van der Waals surface area contributed by atoms with E-state index in [-0.39, 0.29) is 13.0 Å². The number of methoxy groups -OCH3 is 2. The molecule has 1 aliphatic carbocycles. The minimum Gasteiger partial charge on any atom is -0.493 e. The predicted octanol–water partition coefficient (Wildman–Crippen LogP) is 5.61. The van der Waals surface area contributed by atoms with E-state index in [0.29, 0.717) is 40.8 Å². The summed E-state index contributed by atoms with van der Waals surface area (Å²) in [4.78, 5) is 29.0. The lowest BCUT2D eigenvalue weighted by atomic mass is 9.95. The van der Waals surface area contributed by atoms with Crippen LogP contribution >= 0.6 is 0 Å². The topological polar surface area (TPSA) is 67.9 Å². The first kappa shape index (κ1) is 28.0. The van der Waals surface area contributed by atoms with Gasteiger partial charge in [-0.1, -0.05) is 42.5 Å². The number of rotatable bonds is 11. The van der Waals surface area contributed by atoms with Gasteiger partial charge in [-0.25, -0.2) is 0 Å². The SMILES string of the molecule is COc1ccc(N(CCc2ccc(C(F)(F)F)cc2)C(=O)C(C(=O)NCC2CC2)c2ccccc2)cc1OC. The number of ether oxygens (including phenoxy) is 2. The molecular weight excluding hydrogens is 509 g/mol. The highest BCUT2D eigenvalue weighted by atomic mass is 19.4. The minimum atomic E-state index is -4.43. The van der Waals surface area contributed by atoms with E-state index in [1.54, 1.807) is 42.5 Å². The second kappa shape index (κ2) is 12.2. The van der Waals surface area contributed by atoms with Gasteiger partial charge in [0.1, 0.15) is 5.92 Å². The molecule has 4 rings (SSSR count). The summed E-state index contributed by atoms with van der Waals surface area (Å²) in [6, 6.07) is 18.7. The van der Waals surface area contributed by atoms with Crippen molar-refractivity contribution in [2.75, 3.05) is 32.2 Å². The highest BCUT2D eigenvalue weighted by Gasteiger charge is 2.34. The zero-order valence-electron chi connectivity index (χ0n) is 21.8. The Morgan fingerprint density at radius 3 is 2.21 bits per heavy atom. The van der Waals surface area contributed by atoms with Crippen LogP contribution in [0.1, 0.15) is 35.4 Å². The zero-order valence-corrected chi connectivity index (χ0v) is 21.8. The lowest BCUT2D eigenvalue weighted by Gasteiger charge is -2.28. The standard InChI is InChI=1S/C30H31F3N2O4/c1-38-25-15-14-24(18-26(25)39-2)35(17-16-20-10-12-23(13-11-20)30(31,32)33)29(37)27(22-6-4-3-5-7-22)28(36)34-19-21-8-9-21/h3-7,10-15,18,21,27H,8-9,16-17,19H2,1-2H3,(H,34,36). The van der Waals surface area contributed by atoms with Crippen LogP contribution in [0.5, 0.6) is 11.5 Å². The Labute approximate surface area is 225 Å². The summed E-state index contributed by atoms with van der Waals surface area (Å²) in [5.74, 6) is -0.644. The number of amides is 2. The number of nitrogens with zero attached hydrogens (tertiary/aromatic N) is 1. The van der Waals surface area contributed by atoms with Crippen LogP contribution in [0.2, 0.25) is 0 Å². The lowest BCUT2D eigenvalue weighted by Crippen LogP contribution is -2.43. The first-order valence-corrected chi connectivity index (χ1v) is 12.7. The zero-order chi connectivity index (χ0) is 28.0. The van der Waals surface area contributed by atoms with Crippen LogP contribution < -0.4 is 19.7 Å². The molecule has 0 aromatic heterocycles. The quantitative estimate of drug-likeness (QED) is 0.321. The van der Waals surface area contributed by atoms with Crippen molar-refractivity contribution in [1.29, 1.82) is 0 Å². The van der Waals surface area contributed by atoms with Gasteiger partial charge in [-0.3, -0.25) is 9.59 Å². The smallest absolute Gasteiger partial charge is 0.416 e. The second-order valence-electron chi connectivity index (χ2n) is 9.51. The molecule has 0 spiro atoms. The maximum atomic E-state index is 14.2. The first-order chi connectivity index (χ1) is 18.7. The maximum Gasteiger partial charge on any atom is 0.416 e. The summed E-state index contributed by atoms with van der Waals surface area (Å²) in [7, 11) is 2.98. The normalized spacial score (nSPS) is 13.9. The van der Waals surface area contributed by atoms with Gasteiger partial charge in [-0.05, 0) is 60.6 Å². The van der Waals surface area contributed by atoms with E-state index in [9.17, 15) is 22.8 Å². The van der Waals surface area contributed by atoms with E-state index in [2.05, 4.69) is 5.32 Å². The van der Waals surface area contributed by atoms with Gasteiger partial charge in [-0.2, -0.15) is 13.2 Å². The molecule has 0 bridgehead atoms. The van der Waals surface area contributed by atoms with Gasteiger partial charge in [0.25, 0.3) is 0 Å². The molecule has 0 saturated heterocycles. The average molecular weight is 541 g/mol. The Balaban J connectivity index is 1.66. The van der Waals surface area contributed by atoms with E-state index in [4.69, 9.17) is 9.47 Å². The molecule has 1 aliphatic rings. The molecule has 0 aliphatic heterocycles. The molecule has 9 heteroatoms. The molecule has 1 fully saturated rings. The third-order valence-corrected chi connectivity index (χ3v) is 6.75. The predicted molar refractivity (Wildman–Crippen MR) is 142 cm³/mol. The largest absolute Gasteiger partial charge is 0.493 e. The molecule has 3 aromatic carbocycles. The number of benzene rings is 3. The van der Waals surface area contributed by atoms with Crippen molar-refractivity contribution < 1.29 is 32.2 Å². The Hall–Kier alpha value is -4.01. The van der Waals surface area contributed by atoms with Crippen molar-refractivity contribution in [3.05, 3.63) is 89.5 Å². The van der Waals surface area contributed by atoms with Crippen LogP contribution in [0.15, 0.2) is 72.8 Å². The summed E-state index contributed by atoms with van der Waals surface area (Å²) in [5.41, 5.74) is 0.905. The van der Waals surface area contributed by atoms with Crippen molar-refractivity contribution in [1.82, 2.24) is 5.32 Å². The van der Waals surface area contributed by atoms with Gasteiger partial charge in [-0.15, -0.1) is 0 Å². The van der Waals surface area contributed by atoms with E-state index >= 15 is 0 Å². The van der Waals surface area contributed by atoms with Crippen LogP contribution in [0.25, 0.3) is 0 Å². The third-order valence-electron chi connectivity index (χ3n) is 6.75. The lowest BCUT2D eigenvalue weighted by molar-refractivity contribution is -0.137. The number of carbonyl (C=O) groups is 2. The van der Waals surface area contributed by atoms with Gasteiger partial charge in [0, 0.05) is 24.8 Å². The van der Waals surface area contributed by atoms with E-state index < -0.39 is 29.5 Å². The fourth-order valence-electron chi connectivity index (χ4n) is 4.34. The summed E-state index contributed by atoms with van der Waals surface area (Å²) in [5, 5.41) is 2.93. The van der Waals surface area contributed by atoms with E-state index in [0.717, 1.165) is 25.0 Å². The summed E-state index contributed by atoms with van der Waals surface area (Å²) < 4.78 is 49.8. The minimum absolute atomic E-state index is 0.124. The number of anilines is 1. The molecule has 2 amide bonds. The van der Waals surface area contributed by atoms with Crippen molar-refractivity contribution in [3.63, 3.8) is 0 Å². The van der Waals surface area contributed by atoms with Crippen molar-refractivity contribution in [3.8, 4) is 11.5 Å². The number of carbonyl (C=O) groups excluding carboxylic acids is 2. The van der Waals surface area contributed by atoms with Crippen LogP contribution in [-0.2, 0) is 22.2 Å². The van der Waals surface area contributed by atoms with Gasteiger partial charge in [0.05, 0.1) is 19.8 Å². The highest BCUT2D eigenvalue weighted by Crippen LogP contribution is 2.34. The second-order valence-corrected chi connectivity index (χ2v) is 9.51. The maximum absolute atomic E-state index is 14.2. The van der Waals surface area contributed by atoms with Crippen molar-refractivity contribution in [2.24, 2.45) is 5.92 Å². The monoisotopic (exact) mass is 540 g/mol. The summed E-state index contributed by atoms with van der Waals surface area (Å²) >= 11 is 0. The molecule has 1 saturated carbocycles. The van der Waals surface area contributed by atoms with Crippen LogP contribution in [0.4, 0.5) is 18.9 Å². The summed E-state index contributed by atoms with van der Waals surface area (Å²) in [6.07, 6.45) is -2.06. The molecule has 1 atom stereocenters. The van der Waals surface area contributed by atoms with Crippen LogP contribution in [0, 0.1) is 5.92 Å². The van der Waals surface area contributed by atoms with Gasteiger partial charge in [0.2, 0.25) is 11.8 Å². The molecule has 39 heavy (non-hydrogen) atoms. The van der Waals surface area contributed by atoms with Crippen molar-refractivity contribution in [2.45, 2.75) is 31.4 Å². The third kappa shape index (κ3) is 7.10. The summed E-state index contributed by atoms with van der Waals surface area (Å²) in [6.45, 7) is 0.635. The fraction of sp³-hybridized carbons (Fsp3) is 0.333. The Bertz CT molecular complexity index is 1280. The highest BCUT2D eigenvalue weighted by molar-refractivity contribution is 6.12. The number of halogens is 3. The molecule has 206 valence electrons. The van der Waals surface area contributed by atoms with Gasteiger partial charge < -0.3 is 19.7 Å². The van der Waals surface area contributed by atoms with Gasteiger partial charge >= 0.3 is 6.18 Å². The van der Waals surface area contributed by atoms with E-state index in [1.165, 1.54) is 31.3 Å². The average Bonchev–Trinajstić information content (AvgIpc) is 3.77. The molecule has 3 aromatic rings. The molecule has 1 N–H and O–H groups in total. The molecule has 0 heterocycles. The first-order valence-electron chi connectivity index (χ1n) is 12.7. The Morgan fingerprint density at radius 1 is 0.949 bits per heavy atom. The van der Waals surface area contributed by atoms with Gasteiger partial charge in [0.15, 0.2) is 11.5 Å². The van der Waals surface area contributed by atoms with Crippen molar-refractivity contribution >= 4 is 17.5 Å². The number of hydrogen-bond donors (Lipinski definition) is 1. The molecular formula is C30H31F3N2O4. The molecule has 1 unspecified atom stereocenters. The molecule has 6 nitrogen and oxygen atoms in total. The van der Waals surface area contributed by atoms with E-state index in [1.807, 2.05) is 6.07 Å². The van der Waals surface area contributed by atoms with Crippen LogP contribution in [-0.4, -0.2) is 39.1 Å². The Kier molecular flexibility index (Phi) is 8.79. The number of hydrogen-bond acceptors (Lipinski definition) is 4.